The first-order valence-corrected chi connectivity index (χ1v) is 9.16. The number of esters is 1. The molecule has 2 aliphatic rings. The number of benzene rings is 1. The highest BCUT2D eigenvalue weighted by molar-refractivity contribution is 5.98. The van der Waals surface area contributed by atoms with Crippen molar-refractivity contribution in [1.29, 1.82) is 0 Å². The number of anilines is 1. The first-order chi connectivity index (χ1) is 13.4. The third kappa shape index (κ3) is 4.05. The van der Waals surface area contributed by atoms with Crippen molar-refractivity contribution < 1.29 is 24.0 Å². The molecule has 1 aromatic rings. The van der Waals surface area contributed by atoms with Crippen LogP contribution >= 0.6 is 0 Å². The first-order valence-electron chi connectivity index (χ1n) is 9.16. The van der Waals surface area contributed by atoms with Crippen LogP contribution in [-0.2, 0) is 14.3 Å². The predicted octanol–water partition coefficient (Wildman–Crippen LogP) is 1.29. The van der Waals surface area contributed by atoms with Gasteiger partial charge in [0.05, 0.1) is 10.8 Å². The van der Waals surface area contributed by atoms with E-state index in [0.29, 0.717) is 38.2 Å². The molecule has 0 unspecified atom stereocenters. The molecule has 3 amide bonds. The lowest BCUT2D eigenvalue weighted by Crippen LogP contribution is -2.43. The Morgan fingerprint density at radius 1 is 1.25 bits per heavy atom. The topological polar surface area (TPSA) is 122 Å². The summed E-state index contributed by atoms with van der Waals surface area (Å²) in [4.78, 5) is 49.9. The first kappa shape index (κ1) is 19.6. The van der Waals surface area contributed by atoms with Crippen LogP contribution in [0.2, 0.25) is 0 Å². The second-order valence-electron chi connectivity index (χ2n) is 6.81. The van der Waals surface area contributed by atoms with E-state index in [0.717, 1.165) is 4.90 Å². The molecule has 2 saturated heterocycles. The lowest BCUT2D eigenvalue weighted by molar-refractivity contribution is -0.384. The Bertz CT molecular complexity index is 790. The van der Waals surface area contributed by atoms with Crippen LogP contribution in [0.3, 0.4) is 0 Å². The molecule has 150 valence electrons. The van der Waals surface area contributed by atoms with Crippen LogP contribution in [0.4, 0.5) is 16.2 Å². The van der Waals surface area contributed by atoms with Crippen molar-refractivity contribution >= 4 is 29.3 Å². The van der Waals surface area contributed by atoms with Crippen LogP contribution in [0, 0.1) is 16.0 Å². The average molecular weight is 390 g/mol. The predicted molar refractivity (Wildman–Crippen MR) is 98.7 cm³/mol. The Balaban J connectivity index is 1.55. The van der Waals surface area contributed by atoms with Crippen LogP contribution in [-0.4, -0.2) is 60.0 Å². The van der Waals surface area contributed by atoms with Gasteiger partial charge in [-0.3, -0.25) is 24.6 Å². The number of hydrogen-bond acceptors (Lipinski definition) is 7. The van der Waals surface area contributed by atoms with Gasteiger partial charge < -0.3 is 15.0 Å². The summed E-state index contributed by atoms with van der Waals surface area (Å²) < 4.78 is 5.28. The molecule has 28 heavy (non-hydrogen) atoms. The number of carbonyl (C=O) groups excluding carboxylic acids is 3. The Morgan fingerprint density at radius 2 is 1.93 bits per heavy atom. The van der Waals surface area contributed by atoms with Gasteiger partial charge in [-0.1, -0.05) is 12.1 Å². The van der Waals surface area contributed by atoms with Crippen LogP contribution in [0.5, 0.6) is 0 Å². The number of ether oxygens (including phenoxy) is 1. The summed E-state index contributed by atoms with van der Waals surface area (Å²) >= 11 is 0. The van der Waals surface area contributed by atoms with Crippen LogP contribution < -0.4 is 10.2 Å². The third-order valence-electron chi connectivity index (χ3n) is 5.01. The second-order valence-corrected chi connectivity index (χ2v) is 6.81. The zero-order valence-electron chi connectivity index (χ0n) is 15.5. The molecule has 1 N–H and O–H groups in total. The highest BCUT2D eigenvalue weighted by Crippen LogP contribution is 2.31. The molecule has 0 aromatic heterocycles. The van der Waals surface area contributed by atoms with E-state index in [1.54, 1.807) is 18.2 Å². The molecule has 0 bridgehead atoms. The van der Waals surface area contributed by atoms with Crippen molar-refractivity contribution in [2.24, 2.45) is 5.92 Å². The number of imide groups is 1. The minimum Gasteiger partial charge on any atom is -0.452 e. The Kier molecular flexibility index (Phi) is 5.76. The number of amides is 3. The molecule has 2 heterocycles. The molecule has 10 nitrogen and oxygen atoms in total. The van der Waals surface area contributed by atoms with Gasteiger partial charge in [0.15, 0.2) is 6.10 Å². The van der Waals surface area contributed by atoms with Gasteiger partial charge in [-0.2, -0.15) is 0 Å². The number of nitro benzene ring substituents is 1. The minimum absolute atomic E-state index is 0.0339. The van der Waals surface area contributed by atoms with E-state index < -0.39 is 28.9 Å². The fourth-order valence-corrected chi connectivity index (χ4v) is 3.46. The summed E-state index contributed by atoms with van der Waals surface area (Å²) in [6.45, 7) is 3.04. The Hall–Kier alpha value is -3.17. The summed E-state index contributed by atoms with van der Waals surface area (Å²) in [5.41, 5.74) is 0.564. The average Bonchev–Trinajstić information content (AvgIpc) is 3.13. The molecule has 0 saturated carbocycles. The minimum atomic E-state index is -1.04. The van der Waals surface area contributed by atoms with Gasteiger partial charge in [-0.05, 0) is 25.8 Å². The molecule has 0 aliphatic carbocycles. The molecule has 0 radical (unpaired) electrons. The maximum absolute atomic E-state index is 12.4. The highest BCUT2D eigenvalue weighted by atomic mass is 16.6. The number of rotatable bonds is 5. The fourth-order valence-electron chi connectivity index (χ4n) is 3.46. The van der Waals surface area contributed by atoms with E-state index in [9.17, 15) is 24.5 Å². The Labute approximate surface area is 161 Å². The molecule has 2 fully saturated rings. The van der Waals surface area contributed by atoms with Crippen molar-refractivity contribution in [3.8, 4) is 0 Å². The van der Waals surface area contributed by atoms with Gasteiger partial charge in [0.2, 0.25) is 0 Å². The summed E-state index contributed by atoms with van der Waals surface area (Å²) in [6, 6.07) is 6.02. The molecule has 2 aliphatic heterocycles. The fraction of sp³-hybridized carbons (Fsp3) is 0.500. The van der Waals surface area contributed by atoms with E-state index >= 15 is 0 Å². The van der Waals surface area contributed by atoms with E-state index in [1.165, 1.54) is 13.0 Å². The van der Waals surface area contributed by atoms with Crippen molar-refractivity contribution in [2.75, 3.05) is 31.1 Å². The van der Waals surface area contributed by atoms with Gasteiger partial charge in [-0.25, -0.2) is 4.79 Å². The normalized spacial score (nSPS) is 18.5. The van der Waals surface area contributed by atoms with Crippen molar-refractivity contribution in [1.82, 2.24) is 10.2 Å². The number of para-hydroxylation sites is 2. The van der Waals surface area contributed by atoms with Crippen molar-refractivity contribution in [2.45, 2.75) is 25.9 Å². The summed E-state index contributed by atoms with van der Waals surface area (Å²) in [6.07, 6.45) is -0.101. The third-order valence-corrected chi connectivity index (χ3v) is 5.01. The van der Waals surface area contributed by atoms with Crippen LogP contribution in [0.25, 0.3) is 0 Å². The molecule has 3 rings (SSSR count). The van der Waals surface area contributed by atoms with E-state index in [4.69, 9.17) is 4.74 Å². The number of hydrogen-bond donors (Lipinski definition) is 1. The zero-order valence-corrected chi connectivity index (χ0v) is 15.5. The molecular weight excluding hydrogens is 368 g/mol. The zero-order chi connectivity index (χ0) is 20.3. The van der Waals surface area contributed by atoms with E-state index in [2.05, 4.69) is 5.32 Å². The number of carbonyl (C=O) groups is 3. The second kappa shape index (κ2) is 8.24. The van der Waals surface area contributed by atoms with Crippen LogP contribution in [0.15, 0.2) is 24.3 Å². The van der Waals surface area contributed by atoms with Crippen molar-refractivity contribution in [3.05, 3.63) is 34.4 Å². The maximum Gasteiger partial charge on any atom is 0.324 e. The molecule has 10 heteroatoms. The maximum atomic E-state index is 12.4. The molecule has 0 spiro atoms. The van der Waals surface area contributed by atoms with Gasteiger partial charge in [0.1, 0.15) is 5.69 Å². The standard InChI is InChI=1S/C18H22N4O6/c1-12(16(23)21-11-8-19-18(21)25)28-17(24)13-6-9-20(10-7-13)14-4-2-3-5-15(14)22(26)27/h2-5,12-13H,6-11H2,1H3,(H,19,25)/t12-/m0/s1. The highest BCUT2D eigenvalue weighted by Gasteiger charge is 2.34. The smallest absolute Gasteiger partial charge is 0.324 e. The monoisotopic (exact) mass is 390 g/mol. The summed E-state index contributed by atoms with van der Waals surface area (Å²) in [5.74, 6) is -1.41. The van der Waals surface area contributed by atoms with Crippen LogP contribution in [0.1, 0.15) is 19.8 Å². The summed E-state index contributed by atoms with van der Waals surface area (Å²) in [7, 11) is 0. The van der Waals surface area contributed by atoms with Gasteiger partial charge in [0, 0.05) is 32.2 Å². The number of urea groups is 1. The number of nitrogens with zero attached hydrogens (tertiary/aromatic N) is 3. The van der Waals surface area contributed by atoms with Gasteiger partial charge in [0.25, 0.3) is 11.6 Å². The van der Waals surface area contributed by atoms with Gasteiger partial charge in [-0.15, -0.1) is 0 Å². The SMILES string of the molecule is C[C@H](OC(=O)C1CCN(c2ccccc2[N+](=O)[O-])CC1)C(=O)N1CCNC1=O. The molecule has 1 atom stereocenters. The van der Waals surface area contributed by atoms with Gasteiger partial charge >= 0.3 is 12.0 Å². The molecule has 1 aromatic carbocycles. The number of nitrogens with one attached hydrogen (secondary N) is 1. The summed E-state index contributed by atoms with van der Waals surface area (Å²) in [5, 5.41) is 13.7. The number of piperidine rings is 1. The lowest BCUT2D eigenvalue weighted by Gasteiger charge is -2.32. The lowest BCUT2D eigenvalue weighted by atomic mass is 9.96. The molecular formula is C18H22N4O6. The largest absolute Gasteiger partial charge is 0.452 e. The van der Waals surface area contributed by atoms with E-state index in [-0.39, 0.29) is 18.2 Å². The quantitative estimate of drug-likeness (QED) is 0.457. The number of nitro groups is 1. The van der Waals surface area contributed by atoms with Crippen molar-refractivity contribution in [3.63, 3.8) is 0 Å². The Morgan fingerprint density at radius 3 is 2.54 bits per heavy atom. The van der Waals surface area contributed by atoms with E-state index in [1.807, 2.05) is 4.90 Å².